The highest BCUT2D eigenvalue weighted by Crippen LogP contribution is 2.02. The van der Waals surface area contributed by atoms with E-state index in [4.69, 9.17) is 0 Å². The van der Waals surface area contributed by atoms with Gasteiger partial charge < -0.3 is 0 Å². The number of hydrogen-bond acceptors (Lipinski definition) is 0. The second kappa shape index (κ2) is 15.6. The van der Waals surface area contributed by atoms with Crippen molar-refractivity contribution in [3.05, 3.63) is 12.2 Å². The van der Waals surface area contributed by atoms with Crippen LogP contribution in [-0.2, 0) is 0 Å². The minimum atomic E-state index is 1.00. The summed E-state index contributed by atoms with van der Waals surface area (Å²) in [5.74, 6) is 9.33. The molecule has 0 saturated heterocycles. The minimum absolute atomic E-state index is 1.00. The van der Waals surface area contributed by atoms with Crippen LogP contribution in [0.25, 0.3) is 0 Å². The quantitative estimate of drug-likeness (QED) is 0.312. The molecule has 0 nitrogen and oxygen atoms in total. The van der Waals surface area contributed by atoms with E-state index in [1.165, 1.54) is 44.9 Å². The average Bonchev–Trinajstić information content (AvgIpc) is 2.35. The Morgan fingerprint density at radius 3 is 2.41 bits per heavy atom. The number of allylic oxidation sites excluding steroid dienone is 2. The lowest BCUT2D eigenvalue weighted by Crippen LogP contribution is -1.73. The van der Waals surface area contributed by atoms with Gasteiger partial charge in [0.2, 0.25) is 0 Å². The third-order valence-electron chi connectivity index (χ3n) is 2.45. The molecule has 0 amide bonds. The summed E-state index contributed by atoms with van der Waals surface area (Å²) in [6, 6.07) is 0. The van der Waals surface area contributed by atoms with E-state index in [2.05, 4.69) is 57.3 Å². The van der Waals surface area contributed by atoms with Gasteiger partial charge in [-0.1, -0.05) is 50.0 Å². The molecule has 0 radical (unpaired) electrons. The van der Waals surface area contributed by atoms with Gasteiger partial charge in [0.25, 0.3) is 0 Å². The van der Waals surface area contributed by atoms with Crippen molar-refractivity contribution in [1.29, 1.82) is 0 Å². The van der Waals surface area contributed by atoms with Crippen molar-refractivity contribution >= 4 is 22.6 Å². The van der Waals surface area contributed by atoms with Crippen molar-refractivity contribution < 1.29 is 0 Å². The number of unbranched alkanes of at least 4 members (excludes halogenated alkanes) is 7. The lowest BCUT2D eigenvalue weighted by atomic mass is 10.1. The smallest absolute Gasteiger partial charge is 0.0181 e. The molecule has 0 atom stereocenters. The van der Waals surface area contributed by atoms with Crippen LogP contribution >= 0.6 is 22.6 Å². The molecular formula is C16H23I. The van der Waals surface area contributed by atoms with Crippen LogP contribution in [0.5, 0.6) is 0 Å². The van der Waals surface area contributed by atoms with E-state index in [9.17, 15) is 0 Å². The molecule has 17 heavy (non-hydrogen) atoms. The van der Waals surface area contributed by atoms with Gasteiger partial charge >= 0.3 is 0 Å². The van der Waals surface area contributed by atoms with Crippen LogP contribution in [0.2, 0.25) is 0 Å². The summed E-state index contributed by atoms with van der Waals surface area (Å²) in [4.78, 5) is 0. The highest BCUT2D eigenvalue weighted by molar-refractivity contribution is 14.1. The molecular weight excluding hydrogens is 319 g/mol. The topological polar surface area (TPSA) is 0 Å². The van der Waals surface area contributed by atoms with E-state index < -0.39 is 0 Å². The predicted octanol–water partition coefficient (Wildman–Crippen LogP) is 5.47. The Morgan fingerprint density at radius 1 is 0.941 bits per heavy atom. The predicted molar refractivity (Wildman–Crippen MR) is 85.9 cm³/mol. The molecule has 0 aliphatic heterocycles. The van der Waals surface area contributed by atoms with Gasteiger partial charge in [-0.3, -0.25) is 0 Å². The first-order valence-electron chi connectivity index (χ1n) is 6.63. The average molecular weight is 342 g/mol. The van der Waals surface area contributed by atoms with Crippen LogP contribution in [0.1, 0.15) is 64.7 Å². The maximum absolute atomic E-state index is 3.18. The molecule has 0 spiro atoms. The van der Waals surface area contributed by atoms with Crippen LogP contribution in [0, 0.1) is 21.7 Å². The van der Waals surface area contributed by atoms with Crippen LogP contribution in [0.4, 0.5) is 0 Å². The molecule has 0 aromatic carbocycles. The first-order chi connectivity index (χ1) is 8.41. The van der Waals surface area contributed by atoms with Gasteiger partial charge in [-0.15, -0.1) is 0 Å². The molecule has 94 valence electrons. The van der Waals surface area contributed by atoms with E-state index in [-0.39, 0.29) is 0 Å². The molecule has 0 aliphatic rings. The Kier molecular flexibility index (Phi) is 15.2. The Morgan fingerprint density at radius 2 is 1.71 bits per heavy atom. The van der Waals surface area contributed by atoms with Crippen molar-refractivity contribution in [3.8, 4) is 21.7 Å². The second-order valence-electron chi connectivity index (χ2n) is 4.05. The SMILES string of the molecule is CCCCCC/C=C/C#CCCCCC#CI. The van der Waals surface area contributed by atoms with Crippen molar-refractivity contribution in [1.82, 2.24) is 0 Å². The van der Waals surface area contributed by atoms with Crippen molar-refractivity contribution in [2.75, 3.05) is 0 Å². The largest absolute Gasteiger partial charge is 0.0985 e. The van der Waals surface area contributed by atoms with E-state index in [1.807, 2.05) is 6.08 Å². The number of rotatable bonds is 8. The minimum Gasteiger partial charge on any atom is -0.0985 e. The Labute approximate surface area is 121 Å². The molecule has 0 fully saturated rings. The van der Waals surface area contributed by atoms with E-state index in [1.54, 1.807) is 0 Å². The zero-order valence-electron chi connectivity index (χ0n) is 10.9. The maximum atomic E-state index is 3.18. The molecule has 0 N–H and O–H groups in total. The van der Waals surface area contributed by atoms with E-state index in [0.29, 0.717) is 0 Å². The highest BCUT2D eigenvalue weighted by Gasteiger charge is 1.83. The second-order valence-corrected chi connectivity index (χ2v) is 4.59. The summed E-state index contributed by atoms with van der Waals surface area (Å²) >= 11 is 2.08. The molecule has 1 heteroatoms. The summed E-state index contributed by atoms with van der Waals surface area (Å²) in [7, 11) is 0. The standard InChI is InChI=1S/C16H23I/c1-2-3-4-5-6-7-8-9-10-11-12-13-14-15-16-17/h7-8H,2-6,11-14H2,1H3/b8-7+. The Bertz CT molecular complexity index is 293. The molecule has 0 aliphatic carbocycles. The first-order valence-corrected chi connectivity index (χ1v) is 7.71. The molecule has 0 bridgehead atoms. The number of halogens is 1. The number of hydrogen-bond donors (Lipinski definition) is 0. The van der Waals surface area contributed by atoms with Gasteiger partial charge in [-0.25, -0.2) is 0 Å². The summed E-state index contributed by atoms with van der Waals surface area (Å²) in [5, 5.41) is 0. The van der Waals surface area contributed by atoms with Crippen molar-refractivity contribution in [2.24, 2.45) is 0 Å². The van der Waals surface area contributed by atoms with Crippen LogP contribution in [0.15, 0.2) is 12.2 Å². The fourth-order valence-corrected chi connectivity index (χ4v) is 1.71. The molecule has 0 aromatic rings. The van der Waals surface area contributed by atoms with Gasteiger partial charge in [-0.2, -0.15) is 0 Å². The lowest BCUT2D eigenvalue weighted by Gasteiger charge is -1.92. The zero-order chi connectivity index (χ0) is 12.6. The van der Waals surface area contributed by atoms with Crippen LogP contribution < -0.4 is 0 Å². The molecule has 0 unspecified atom stereocenters. The highest BCUT2D eigenvalue weighted by atomic mass is 127. The van der Waals surface area contributed by atoms with Gasteiger partial charge in [-0.05, 0) is 35.7 Å². The summed E-state index contributed by atoms with van der Waals surface area (Å²) < 4.78 is 2.88. The van der Waals surface area contributed by atoms with Crippen molar-refractivity contribution in [3.63, 3.8) is 0 Å². The normalized spacial score (nSPS) is 9.53. The van der Waals surface area contributed by atoms with Gasteiger partial charge in [0.05, 0.1) is 0 Å². The van der Waals surface area contributed by atoms with E-state index >= 15 is 0 Å². The zero-order valence-corrected chi connectivity index (χ0v) is 13.1. The molecule has 0 saturated carbocycles. The Balaban J connectivity index is 3.28. The van der Waals surface area contributed by atoms with Crippen LogP contribution in [-0.4, -0.2) is 0 Å². The first kappa shape index (κ1) is 16.6. The third kappa shape index (κ3) is 15.6. The molecule has 0 rings (SSSR count). The van der Waals surface area contributed by atoms with Crippen LogP contribution in [0.3, 0.4) is 0 Å². The van der Waals surface area contributed by atoms with Gasteiger partial charge in [0, 0.05) is 35.4 Å². The van der Waals surface area contributed by atoms with Gasteiger partial charge in [0.1, 0.15) is 0 Å². The summed E-state index contributed by atoms with van der Waals surface area (Å²) in [6.07, 6.45) is 15.1. The monoisotopic (exact) mass is 342 g/mol. The maximum Gasteiger partial charge on any atom is 0.0181 e. The Hall–Kier alpha value is -0.410. The fraction of sp³-hybridized carbons (Fsp3) is 0.625. The van der Waals surface area contributed by atoms with E-state index in [0.717, 1.165) is 12.8 Å². The van der Waals surface area contributed by atoms with Crippen molar-refractivity contribution in [2.45, 2.75) is 64.7 Å². The van der Waals surface area contributed by atoms with Gasteiger partial charge in [0.15, 0.2) is 0 Å². The lowest BCUT2D eigenvalue weighted by molar-refractivity contribution is 0.674. The third-order valence-corrected chi connectivity index (χ3v) is 2.83. The summed E-state index contributed by atoms with van der Waals surface area (Å²) in [5.41, 5.74) is 0. The molecule has 0 aromatic heterocycles. The molecule has 0 heterocycles. The summed E-state index contributed by atoms with van der Waals surface area (Å²) in [6.45, 7) is 2.24. The fourth-order valence-electron chi connectivity index (χ4n) is 1.44.